The third-order valence-corrected chi connectivity index (χ3v) is 2.36. The van der Waals surface area contributed by atoms with Gasteiger partial charge >= 0.3 is 5.69 Å². The van der Waals surface area contributed by atoms with Gasteiger partial charge in [-0.25, -0.2) is 4.79 Å². The van der Waals surface area contributed by atoms with E-state index in [0.717, 1.165) is 5.56 Å². The van der Waals surface area contributed by atoms with Crippen LogP contribution in [0.4, 0.5) is 4.48 Å². The fraction of sp³-hybridized carbons (Fsp3) is 0.0909. The molecule has 82 valence electrons. The second-order valence-corrected chi connectivity index (χ2v) is 3.41. The summed E-state index contributed by atoms with van der Waals surface area (Å²) in [6.07, 6.45) is 1.23. The first-order valence-corrected chi connectivity index (χ1v) is 4.68. The average molecular weight is 220 g/mol. The number of hydrogen-bond donors (Lipinski definition) is 1. The molecule has 0 aliphatic heterocycles. The molecular weight excluding hydrogens is 211 g/mol. The zero-order valence-corrected chi connectivity index (χ0v) is 8.53. The number of H-pyrrole nitrogens is 1. The minimum atomic E-state index is -1.07. The molecule has 16 heavy (non-hydrogen) atoms. The van der Waals surface area contributed by atoms with E-state index >= 15 is 0 Å². The molecule has 0 aliphatic rings. The van der Waals surface area contributed by atoms with Gasteiger partial charge in [-0.15, -0.1) is 0 Å². The quantitative estimate of drug-likeness (QED) is 0.786. The summed E-state index contributed by atoms with van der Waals surface area (Å²) in [6.45, 7) is 1.81. The van der Waals surface area contributed by atoms with Crippen molar-refractivity contribution < 1.29 is 4.48 Å². The molecule has 0 aliphatic carbocycles. The minimum absolute atomic E-state index is 0.139. The summed E-state index contributed by atoms with van der Waals surface area (Å²) in [4.78, 5) is 24.1. The number of hydrogen-bond acceptors (Lipinski definition) is 2. The Morgan fingerprint density at radius 3 is 2.56 bits per heavy atom. The summed E-state index contributed by atoms with van der Waals surface area (Å²) in [7, 11) is 0. The first kappa shape index (κ1) is 10.4. The van der Waals surface area contributed by atoms with Gasteiger partial charge in [0.15, 0.2) is 0 Å². The maximum absolute atomic E-state index is 13.1. The number of rotatable bonds is 1. The molecule has 0 spiro atoms. The summed E-state index contributed by atoms with van der Waals surface area (Å²) in [6, 6.07) is 7.07. The summed E-state index contributed by atoms with van der Waals surface area (Å²) in [5, 5.41) is 0. The highest BCUT2D eigenvalue weighted by Crippen LogP contribution is 2.18. The predicted octanol–water partition coefficient (Wildman–Crippen LogP) is 1.24. The Labute approximate surface area is 89.9 Å². The van der Waals surface area contributed by atoms with Crippen LogP contribution in [0.3, 0.4) is 0 Å². The molecule has 2 aromatic rings. The summed E-state index contributed by atoms with van der Waals surface area (Å²) >= 11 is 0. The van der Waals surface area contributed by atoms with E-state index in [1.54, 1.807) is 12.1 Å². The molecule has 0 saturated heterocycles. The SMILES string of the molecule is Cc1ccccc1-c1c[nH]c(=O)n(F)c1=O. The second kappa shape index (κ2) is 3.77. The molecule has 5 heteroatoms. The van der Waals surface area contributed by atoms with Crippen LogP contribution in [0, 0.1) is 6.92 Å². The predicted molar refractivity (Wildman–Crippen MR) is 58.0 cm³/mol. The number of nitrogens with one attached hydrogen (secondary N) is 1. The Balaban J connectivity index is 2.77. The number of halogens is 1. The highest BCUT2D eigenvalue weighted by molar-refractivity contribution is 5.65. The van der Waals surface area contributed by atoms with Crippen molar-refractivity contribution in [1.29, 1.82) is 0 Å². The molecule has 2 rings (SSSR count). The smallest absolute Gasteiger partial charge is 0.311 e. The molecule has 1 heterocycles. The van der Waals surface area contributed by atoms with Crippen molar-refractivity contribution in [3.05, 3.63) is 56.9 Å². The third-order valence-electron chi connectivity index (χ3n) is 2.36. The van der Waals surface area contributed by atoms with Crippen molar-refractivity contribution in [2.45, 2.75) is 6.92 Å². The largest absolute Gasteiger partial charge is 0.357 e. The Hall–Kier alpha value is -2.17. The Bertz CT molecular complexity index is 643. The van der Waals surface area contributed by atoms with Gasteiger partial charge in [0.2, 0.25) is 0 Å². The zero-order valence-electron chi connectivity index (χ0n) is 8.53. The van der Waals surface area contributed by atoms with E-state index in [2.05, 4.69) is 4.98 Å². The maximum atomic E-state index is 13.1. The average Bonchev–Trinajstić information content (AvgIpc) is 2.28. The lowest BCUT2D eigenvalue weighted by Crippen LogP contribution is -2.30. The van der Waals surface area contributed by atoms with Crippen LogP contribution < -0.4 is 11.2 Å². The lowest BCUT2D eigenvalue weighted by molar-refractivity contribution is 0.331. The highest BCUT2D eigenvalue weighted by atomic mass is 19.2. The van der Waals surface area contributed by atoms with Crippen molar-refractivity contribution in [1.82, 2.24) is 9.77 Å². The molecule has 0 unspecified atom stereocenters. The van der Waals surface area contributed by atoms with Gasteiger partial charge in [-0.1, -0.05) is 33.5 Å². The van der Waals surface area contributed by atoms with Crippen LogP contribution in [0.15, 0.2) is 40.1 Å². The lowest BCUT2D eigenvalue weighted by atomic mass is 10.0. The molecule has 1 aromatic carbocycles. The van der Waals surface area contributed by atoms with Crippen LogP contribution in [0.5, 0.6) is 0 Å². The molecule has 0 saturated carbocycles. The van der Waals surface area contributed by atoms with Crippen molar-refractivity contribution >= 4 is 0 Å². The third kappa shape index (κ3) is 1.56. The minimum Gasteiger partial charge on any atom is -0.311 e. The van der Waals surface area contributed by atoms with Crippen LogP contribution in [0.25, 0.3) is 11.1 Å². The van der Waals surface area contributed by atoms with Gasteiger partial charge in [-0.2, -0.15) is 0 Å². The fourth-order valence-corrected chi connectivity index (χ4v) is 1.52. The molecule has 4 nitrogen and oxygen atoms in total. The van der Waals surface area contributed by atoms with Gasteiger partial charge in [0.1, 0.15) is 0 Å². The Kier molecular flexibility index (Phi) is 2.44. The van der Waals surface area contributed by atoms with E-state index in [9.17, 15) is 14.1 Å². The van der Waals surface area contributed by atoms with Crippen LogP contribution in [0.1, 0.15) is 5.56 Å². The molecule has 1 N–H and O–H groups in total. The highest BCUT2D eigenvalue weighted by Gasteiger charge is 2.10. The van der Waals surface area contributed by atoms with Gasteiger partial charge in [0.25, 0.3) is 5.56 Å². The van der Waals surface area contributed by atoms with E-state index in [1.165, 1.54) is 6.20 Å². The van der Waals surface area contributed by atoms with Crippen LogP contribution >= 0.6 is 0 Å². The standard InChI is InChI=1S/C11H9FN2O2/c1-7-4-2-3-5-8(7)9-6-13-11(16)14(12)10(9)15/h2-6H,1H3,(H,13,16). The summed E-state index contributed by atoms with van der Waals surface area (Å²) in [5.41, 5.74) is -0.428. The second-order valence-electron chi connectivity index (χ2n) is 3.41. The van der Waals surface area contributed by atoms with Crippen LogP contribution in [-0.2, 0) is 0 Å². The molecule has 0 amide bonds. The van der Waals surface area contributed by atoms with Crippen LogP contribution in [0.2, 0.25) is 0 Å². The van der Waals surface area contributed by atoms with Gasteiger partial charge < -0.3 is 4.98 Å². The molecule has 0 fully saturated rings. The van der Waals surface area contributed by atoms with Gasteiger partial charge in [0.05, 0.1) is 5.56 Å². The topological polar surface area (TPSA) is 54.9 Å². The molecule has 0 bridgehead atoms. The summed E-state index contributed by atoms with van der Waals surface area (Å²) in [5.74, 6) is 0. The zero-order chi connectivity index (χ0) is 11.7. The monoisotopic (exact) mass is 220 g/mol. The lowest BCUT2D eigenvalue weighted by Gasteiger charge is -2.04. The normalized spacial score (nSPS) is 10.4. The fourth-order valence-electron chi connectivity index (χ4n) is 1.52. The number of aromatic amines is 1. The van der Waals surface area contributed by atoms with Crippen molar-refractivity contribution in [2.24, 2.45) is 0 Å². The van der Waals surface area contributed by atoms with E-state index < -0.39 is 16.0 Å². The molecule has 1 aromatic heterocycles. The van der Waals surface area contributed by atoms with Crippen LogP contribution in [-0.4, -0.2) is 9.77 Å². The number of nitrogens with zero attached hydrogens (tertiary/aromatic N) is 1. The number of aromatic nitrogens is 2. The molecular formula is C11H9FN2O2. The summed E-state index contributed by atoms with van der Waals surface area (Å²) < 4.78 is 13.1. The van der Waals surface area contributed by atoms with E-state index in [-0.39, 0.29) is 5.56 Å². The molecule has 0 atom stereocenters. The van der Waals surface area contributed by atoms with Gasteiger partial charge in [0, 0.05) is 6.20 Å². The number of benzene rings is 1. The van der Waals surface area contributed by atoms with Gasteiger partial charge in [-0.05, 0) is 18.1 Å². The van der Waals surface area contributed by atoms with E-state index in [0.29, 0.717) is 5.56 Å². The van der Waals surface area contributed by atoms with E-state index in [1.807, 2.05) is 19.1 Å². The van der Waals surface area contributed by atoms with Gasteiger partial charge in [-0.3, -0.25) is 4.79 Å². The van der Waals surface area contributed by atoms with Crippen molar-refractivity contribution in [2.75, 3.05) is 0 Å². The van der Waals surface area contributed by atoms with Crippen molar-refractivity contribution in [3.63, 3.8) is 0 Å². The number of aryl methyl sites for hydroxylation is 1. The van der Waals surface area contributed by atoms with Crippen molar-refractivity contribution in [3.8, 4) is 11.1 Å². The molecule has 0 radical (unpaired) electrons. The first-order chi connectivity index (χ1) is 7.61. The Morgan fingerprint density at radius 2 is 1.88 bits per heavy atom. The maximum Gasteiger partial charge on any atom is 0.357 e. The Morgan fingerprint density at radius 1 is 1.19 bits per heavy atom. The first-order valence-electron chi connectivity index (χ1n) is 4.68. The van der Waals surface area contributed by atoms with E-state index in [4.69, 9.17) is 0 Å².